The summed E-state index contributed by atoms with van der Waals surface area (Å²) in [5.41, 5.74) is 0.966. The lowest BCUT2D eigenvalue weighted by Gasteiger charge is -2.03. The average Bonchev–Trinajstić information content (AvgIpc) is 2.55. The zero-order valence-electron chi connectivity index (χ0n) is 7.02. The van der Waals surface area contributed by atoms with Crippen LogP contribution in [0.15, 0.2) is 10.2 Å². The zero-order valence-corrected chi connectivity index (χ0v) is 8.61. The fourth-order valence-electron chi connectivity index (χ4n) is 1.10. The Morgan fingerprint density at radius 1 is 1.75 bits per heavy atom. The summed E-state index contributed by atoms with van der Waals surface area (Å²) in [4.78, 5) is 11.2. The van der Waals surface area contributed by atoms with Crippen LogP contribution >= 0.6 is 15.9 Å². The lowest BCUT2D eigenvalue weighted by molar-refractivity contribution is -0.137. The Morgan fingerprint density at radius 3 is 3.00 bits per heavy atom. The van der Waals surface area contributed by atoms with E-state index in [0.29, 0.717) is 11.1 Å². The molecule has 4 heteroatoms. The number of esters is 1. The quantitative estimate of drug-likeness (QED) is 0.581. The van der Waals surface area contributed by atoms with Gasteiger partial charge in [0.2, 0.25) is 0 Å². The van der Waals surface area contributed by atoms with E-state index in [9.17, 15) is 4.79 Å². The van der Waals surface area contributed by atoms with Crippen molar-refractivity contribution in [2.75, 3.05) is 13.2 Å². The summed E-state index contributed by atoms with van der Waals surface area (Å²) in [6.07, 6.45) is 2.02. The van der Waals surface area contributed by atoms with Crippen LogP contribution in [0, 0.1) is 0 Å². The van der Waals surface area contributed by atoms with Gasteiger partial charge in [-0.2, -0.15) is 0 Å². The van der Waals surface area contributed by atoms with Gasteiger partial charge in [-0.05, 0) is 35.7 Å². The first-order valence-corrected chi connectivity index (χ1v) is 4.84. The fraction of sp³-hybridized carbons (Fsp3) is 0.625. The van der Waals surface area contributed by atoms with Crippen LogP contribution in [0.1, 0.15) is 19.8 Å². The number of nitrogens with one attached hydrogen (secondary N) is 1. The first kappa shape index (κ1) is 9.58. The van der Waals surface area contributed by atoms with E-state index in [1.165, 1.54) is 0 Å². The standard InChI is InChI=1S/C8H12BrNO2/c1-2-12-8(11)7(9)6-4-3-5-10-6/h10H,2-5H2,1H3/b7-6+. The van der Waals surface area contributed by atoms with Crippen LogP contribution in [0.25, 0.3) is 0 Å². The summed E-state index contributed by atoms with van der Waals surface area (Å²) in [5, 5.41) is 3.13. The summed E-state index contributed by atoms with van der Waals surface area (Å²) >= 11 is 3.21. The Morgan fingerprint density at radius 2 is 2.50 bits per heavy atom. The number of carbonyl (C=O) groups is 1. The van der Waals surface area contributed by atoms with E-state index in [2.05, 4.69) is 21.2 Å². The average molecular weight is 234 g/mol. The van der Waals surface area contributed by atoms with Crippen LogP contribution in [0.4, 0.5) is 0 Å². The maximum Gasteiger partial charge on any atom is 0.347 e. The minimum Gasteiger partial charge on any atom is -0.462 e. The highest BCUT2D eigenvalue weighted by Crippen LogP contribution is 2.19. The molecule has 0 aromatic carbocycles. The first-order chi connectivity index (χ1) is 5.75. The maximum absolute atomic E-state index is 11.2. The highest BCUT2D eigenvalue weighted by atomic mass is 79.9. The minimum atomic E-state index is -0.276. The largest absolute Gasteiger partial charge is 0.462 e. The first-order valence-electron chi connectivity index (χ1n) is 4.05. The van der Waals surface area contributed by atoms with Gasteiger partial charge in [0.05, 0.1) is 6.61 Å². The molecule has 1 N–H and O–H groups in total. The Hall–Kier alpha value is -0.510. The predicted octanol–water partition coefficient (Wildman–Crippen LogP) is 1.54. The molecule has 0 amide bonds. The summed E-state index contributed by atoms with van der Waals surface area (Å²) in [7, 11) is 0. The van der Waals surface area contributed by atoms with Crippen molar-refractivity contribution in [2.45, 2.75) is 19.8 Å². The van der Waals surface area contributed by atoms with Crippen LogP contribution < -0.4 is 5.32 Å². The van der Waals surface area contributed by atoms with Gasteiger partial charge in [-0.15, -0.1) is 0 Å². The van der Waals surface area contributed by atoms with Crippen LogP contribution in [0.3, 0.4) is 0 Å². The van der Waals surface area contributed by atoms with Gasteiger partial charge in [-0.25, -0.2) is 4.79 Å². The monoisotopic (exact) mass is 233 g/mol. The van der Waals surface area contributed by atoms with Crippen molar-refractivity contribution in [3.05, 3.63) is 10.2 Å². The van der Waals surface area contributed by atoms with Crippen molar-refractivity contribution in [1.29, 1.82) is 0 Å². The third-order valence-corrected chi connectivity index (χ3v) is 2.46. The van der Waals surface area contributed by atoms with Crippen molar-refractivity contribution in [2.24, 2.45) is 0 Å². The smallest absolute Gasteiger partial charge is 0.347 e. The van der Waals surface area contributed by atoms with Crippen LogP contribution in [-0.2, 0) is 9.53 Å². The number of ether oxygens (including phenoxy) is 1. The van der Waals surface area contributed by atoms with Gasteiger partial charge < -0.3 is 10.1 Å². The number of hydrogen-bond donors (Lipinski definition) is 1. The van der Waals surface area contributed by atoms with E-state index in [4.69, 9.17) is 4.74 Å². The van der Waals surface area contributed by atoms with Crippen molar-refractivity contribution in [3.63, 3.8) is 0 Å². The molecule has 0 aromatic heterocycles. The molecule has 0 saturated carbocycles. The fourth-order valence-corrected chi connectivity index (χ4v) is 1.55. The molecule has 1 aliphatic heterocycles. The number of allylic oxidation sites excluding steroid dienone is 1. The molecule has 1 aliphatic rings. The van der Waals surface area contributed by atoms with E-state index in [1.807, 2.05) is 0 Å². The maximum atomic E-state index is 11.2. The summed E-state index contributed by atoms with van der Waals surface area (Å²) in [6.45, 7) is 3.16. The molecule has 1 rings (SSSR count). The molecule has 0 bridgehead atoms. The van der Waals surface area contributed by atoms with Gasteiger partial charge in [0.25, 0.3) is 0 Å². The molecule has 1 saturated heterocycles. The van der Waals surface area contributed by atoms with E-state index >= 15 is 0 Å². The number of rotatable bonds is 2. The third-order valence-electron chi connectivity index (χ3n) is 1.66. The molecule has 0 aliphatic carbocycles. The van der Waals surface area contributed by atoms with E-state index in [1.54, 1.807) is 6.92 Å². The number of hydrogen-bond acceptors (Lipinski definition) is 3. The molecule has 0 atom stereocenters. The van der Waals surface area contributed by atoms with Crippen molar-refractivity contribution in [1.82, 2.24) is 5.32 Å². The molecule has 0 aromatic rings. The van der Waals surface area contributed by atoms with Gasteiger partial charge in [0.15, 0.2) is 0 Å². The zero-order chi connectivity index (χ0) is 8.97. The summed E-state index contributed by atoms with van der Waals surface area (Å²) < 4.78 is 5.38. The van der Waals surface area contributed by atoms with Gasteiger partial charge in [0, 0.05) is 12.2 Å². The highest BCUT2D eigenvalue weighted by Gasteiger charge is 2.16. The van der Waals surface area contributed by atoms with Crippen LogP contribution in [0.2, 0.25) is 0 Å². The molecule has 12 heavy (non-hydrogen) atoms. The molecule has 0 radical (unpaired) electrons. The molecular weight excluding hydrogens is 222 g/mol. The third kappa shape index (κ3) is 2.24. The lowest BCUT2D eigenvalue weighted by atomic mass is 10.3. The second-order valence-electron chi connectivity index (χ2n) is 2.54. The van der Waals surface area contributed by atoms with Gasteiger partial charge in [-0.1, -0.05) is 0 Å². The Balaban J connectivity index is 2.60. The Bertz CT molecular complexity index is 205. The van der Waals surface area contributed by atoms with Crippen LogP contribution in [-0.4, -0.2) is 19.1 Å². The molecule has 3 nitrogen and oxygen atoms in total. The van der Waals surface area contributed by atoms with E-state index < -0.39 is 0 Å². The Labute approximate surface area is 80.3 Å². The number of carbonyl (C=O) groups excluding carboxylic acids is 1. The van der Waals surface area contributed by atoms with E-state index in [0.717, 1.165) is 25.1 Å². The second kappa shape index (κ2) is 4.50. The second-order valence-corrected chi connectivity index (χ2v) is 3.34. The molecule has 0 spiro atoms. The molecular formula is C8H12BrNO2. The van der Waals surface area contributed by atoms with Gasteiger partial charge in [0.1, 0.15) is 4.48 Å². The topological polar surface area (TPSA) is 38.3 Å². The lowest BCUT2D eigenvalue weighted by Crippen LogP contribution is -2.11. The summed E-state index contributed by atoms with van der Waals surface area (Å²) in [5.74, 6) is -0.276. The van der Waals surface area contributed by atoms with Crippen molar-refractivity contribution in [3.8, 4) is 0 Å². The molecule has 1 fully saturated rings. The van der Waals surface area contributed by atoms with Crippen molar-refractivity contribution < 1.29 is 9.53 Å². The van der Waals surface area contributed by atoms with Crippen molar-refractivity contribution >= 4 is 21.9 Å². The molecule has 0 unspecified atom stereocenters. The van der Waals surface area contributed by atoms with E-state index in [-0.39, 0.29) is 5.97 Å². The molecule has 1 heterocycles. The van der Waals surface area contributed by atoms with Gasteiger partial charge >= 0.3 is 5.97 Å². The normalized spacial score (nSPS) is 20.2. The molecule has 68 valence electrons. The minimum absolute atomic E-state index is 0.276. The highest BCUT2D eigenvalue weighted by molar-refractivity contribution is 9.12. The predicted molar refractivity (Wildman–Crippen MR) is 49.8 cm³/mol. The van der Waals surface area contributed by atoms with Gasteiger partial charge in [-0.3, -0.25) is 0 Å². The number of halogens is 1. The Kier molecular flexibility index (Phi) is 3.59. The SMILES string of the molecule is CCOC(=O)/C(Br)=C1/CCCN1. The summed E-state index contributed by atoms with van der Waals surface area (Å²) in [6, 6.07) is 0. The van der Waals surface area contributed by atoms with Crippen LogP contribution in [0.5, 0.6) is 0 Å².